The lowest BCUT2D eigenvalue weighted by molar-refractivity contribution is -0.141. The van der Waals surface area contributed by atoms with Crippen LogP contribution in [0.2, 0.25) is 0 Å². The van der Waals surface area contributed by atoms with Crippen molar-refractivity contribution in [2.45, 2.75) is 59.5 Å². The summed E-state index contributed by atoms with van der Waals surface area (Å²) in [5.41, 5.74) is 3.36. The van der Waals surface area contributed by atoms with Crippen LogP contribution in [0.1, 0.15) is 50.3 Å². The Bertz CT molecular complexity index is 1080. The Hall–Kier alpha value is -3.14. The molecule has 4 nitrogen and oxygen atoms in total. The van der Waals surface area contributed by atoms with Crippen LogP contribution in [0.15, 0.2) is 66.7 Å². The summed E-state index contributed by atoms with van der Waals surface area (Å²) in [5.74, 6) is 0.300. The van der Waals surface area contributed by atoms with Crippen LogP contribution < -0.4 is 5.32 Å². The van der Waals surface area contributed by atoms with Crippen molar-refractivity contribution in [1.82, 2.24) is 10.2 Å². The SMILES string of the molecule is CCC(C(=O)NCC(C)C)N(Cc1ccccc1C)C(=O)CCc1cccc2ccccc12. The maximum absolute atomic E-state index is 13.6. The van der Waals surface area contributed by atoms with Gasteiger partial charge in [-0.2, -0.15) is 0 Å². The zero-order chi connectivity index (χ0) is 23.8. The summed E-state index contributed by atoms with van der Waals surface area (Å²) in [4.78, 5) is 28.4. The van der Waals surface area contributed by atoms with Gasteiger partial charge in [-0.25, -0.2) is 0 Å². The van der Waals surface area contributed by atoms with Crippen molar-refractivity contribution in [3.05, 3.63) is 83.4 Å². The largest absolute Gasteiger partial charge is 0.354 e. The number of benzene rings is 3. The van der Waals surface area contributed by atoms with Crippen LogP contribution in [0, 0.1) is 12.8 Å². The Morgan fingerprint density at radius 2 is 1.58 bits per heavy atom. The van der Waals surface area contributed by atoms with E-state index in [4.69, 9.17) is 0 Å². The van der Waals surface area contributed by atoms with Gasteiger partial charge in [0.15, 0.2) is 0 Å². The van der Waals surface area contributed by atoms with Gasteiger partial charge in [-0.3, -0.25) is 9.59 Å². The van der Waals surface area contributed by atoms with E-state index < -0.39 is 6.04 Å². The fraction of sp³-hybridized carbons (Fsp3) is 0.379. The second kappa shape index (κ2) is 11.6. The highest BCUT2D eigenvalue weighted by molar-refractivity contribution is 5.89. The van der Waals surface area contributed by atoms with E-state index in [1.165, 1.54) is 10.8 Å². The highest BCUT2D eigenvalue weighted by Crippen LogP contribution is 2.22. The van der Waals surface area contributed by atoms with Gasteiger partial charge in [0.1, 0.15) is 6.04 Å². The third-order valence-corrected chi connectivity index (χ3v) is 6.16. The molecule has 3 aromatic carbocycles. The molecule has 33 heavy (non-hydrogen) atoms. The average molecular weight is 445 g/mol. The van der Waals surface area contributed by atoms with E-state index in [0.717, 1.165) is 16.7 Å². The molecule has 0 heterocycles. The Morgan fingerprint density at radius 3 is 2.30 bits per heavy atom. The van der Waals surface area contributed by atoms with E-state index in [-0.39, 0.29) is 11.8 Å². The van der Waals surface area contributed by atoms with E-state index in [9.17, 15) is 9.59 Å². The molecule has 0 aliphatic carbocycles. The van der Waals surface area contributed by atoms with Crippen LogP contribution >= 0.6 is 0 Å². The molecule has 1 unspecified atom stereocenters. The summed E-state index contributed by atoms with van der Waals surface area (Å²) in [7, 11) is 0. The van der Waals surface area contributed by atoms with Gasteiger partial charge in [0, 0.05) is 19.5 Å². The molecule has 0 aliphatic rings. The highest BCUT2D eigenvalue weighted by atomic mass is 16.2. The zero-order valence-electron chi connectivity index (χ0n) is 20.3. The van der Waals surface area contributed by atoms with Crippen LogP contribution in [0.5, 0.6) is 0 Å². The molecule has 0 aliphatic heterocycles. The summed E-state index contributed by atoms with van der Waals surface area (Å²) in [6, 6.07) is 22.1. The number of carbonyl (C=O) groups excluding carboxylic acids is 2. The summed E-state index contributed by atoms with van der Waals surface area (Å²) in [5, 5.41) is 5.39. The van der Waals surface area contributed by atoms with Crippen molar-refractivity contribution in [1.29, 1.82) is 0 Å². The first-order valence-corrected chi connectivity index (χ1v) is 12.0. The van der Waals surface area contributed by atoms with Crippen LogP contribution in [0.25, 0.3) is 10.8 Å². The van der Waals surface area contributed by atoms with Crippen molar-refractivity contribution >= 4 is 22.6 Å². The first-order chi connectivity index (χ1) is 15.9. The predicted molar refractivity (Wildman–Crippen MR) is 136 cm³/mol. The quantitative estimate of drug-likeness (QED) is 0.439. The fourth-order valence-corrected chi connectivity index (χ4v) is 4.21. The molecule has 1 atom stereocenters. The molecule has 3 aromatic rings. The molecule has 0 aromatic heterocycles. The monoisotopic (exact) mass is 444 g/mol. The third-order valence-electron chi connectivity index (χ3n) is 6.16. The van der Waals surface area contributed by atoms with Crippen LogP contribution in [0.4, 0.5) is 0 Å². The van der Waals surface area contributed by atoms with Gasteiger partial charge in [0.25, 0.3) is 0 Å². The van der Waals surface area contributed by atoms with Gasteiger partial charge in [-0.1, -0.05) is 87.5 Å². The number of amides is 2. The Kier molecular flexibility index (Phi) is 8.65. The Morgan fingerprint density at radius 1 is 0.909 bits per heavy atom. The molecular weight excluding hydrogens is 408 g/mol. The lowest BCUT2D eigenvalue weighted by Gasteiger charge is -2.31. The second-order valence-electron chi connectivity index (χ2n) is 9.15. The Balaban J connectivity index is 1.83. The topological polar surface area (TPSA) is 49.4 Å². The minimum atomic E-state index is -0.483. The molecule has 3 rings (SSSR count). The lowest BCUT2D eigenvalue weighted by Crippen LogP contribution is -2.49. The van der Waals surface area contributed by atoms with Crippen molar-refractivity contribution in [3.8, 4) is 0 Å². The van der Waals surface area contributed by atoms with Gasteiger partial charge in [0.2, 0.25) is 11.8 Å². The number of nitrogens with zero attached hydrogens (tertiary/aromatic N) is 1. The molecule has 0 saturated carbocycles. The summed E-state index contributed by atoms with van der Waals surface area (Å²) < 4.78 is 0. The van der Waals surface area contributed by atoms with E-state index >= 15 is 0 Å². The molecule has 1 N–H and O–H groups in total. The van der Waals surface area contributed by atoms with E-state index in [0.29, 0.717) is 38.3 Å². The number of fused-ring (bicyclic) bond motifs is 1. The highest BCUT2D eigenvalue weighted by Gasteiger charge is 2.28. The van der Waals surface area contributed by atoms with Crippen LogP contribution in [-0.4, -0.2) is 29.3 Å². The predicted octanol–water partition coefficient (Wildman–Crippen LogP) is 5.66. The van der Waals surface area contributed by atoms with Crippen molar-refractivity contribution < 1.29 is 9.59 Å². The molecule has 0 bridgehead atoms. The number of nitrogens with one attached hydrogen (secondary N) is 1. The fourth-order valence-electron chi connectivity index (χ4n) is 4.21. The zero-order valence-corrected chi connectivity index (χ0v) is 20.3. The summed E-state index contributed by atoms with van der Waals surface area (Å²) in [6.45, 7) is 9.21. The van der Waals surface area contributed by atoms with E-state index in [2.05, 4.69) is 43.4 Å². The normalized spacial score (nSPS) is 12.0. The van der Waals surface area contributed by atoms with Gasteiger partial charge in [-0.05, 0) is 53.1 Å². The Labute approximate surface area is 198 Å². The molecule has 0 radical (unpaired) electrons. The maximum atomic E-state index is 13.6. The van der Waals surface area contributed by atoms with E-state index in [1.54, 1.807) is 4.90 Å². The van der Waals surface area contributed by atoms with Gasteiger partial charge in [-0.15, -0.1) is 0 Å². The third kappa shape index (κ3) is 6.44. The lowest BCUT2D eigenvalue weighted by atomic mass is 10.00. The minimum Gasteiger partial charge on any atom is -0.354 e. The van der Waals surface area contributed by atoms with Crippen LogP contribution in [0.3, 0.4) is 0 Å². The van der Waals surface area contributed by atoms with E-state index in [1.807, 2.05) is 56.3 Å². The van der Waals surface area contributed by atoms with Crippen molar-refractivity contribution in [3.63, 3.8) is 0 Å². The molecule has 174 valence electrons. The van der Waals surface area contributed by atoms with Crippen LogP contribution in [-0.2, 0) is 22.6 Å². The number of hydrogen-bond acceptors (Lipinski definition) is 2. The number of carbonyl (C=O) groups is 2. The molecule has 4 heteroatoms. The van der Waals surface area contributed by atoms with Crippen molar-refractivity contribution in [2.24, 2.45) is 5.92 Å². The summed E-state index contributed by atoms with van der Waals surface area (Å²) >= 11 is 0. The summed E-state index contributed by atoms with van der Waals surface area (Å²) in [6.07, 6.45) is 1.60. The van der Waals surface area contributed by atoms with Crippen molar-refractivity contribution in [2.75, 3.05) is 6.54 Å². The van der Waals surface area contributed by atoms with Gasteiger partial charge < -0.3 is 10.2 Å². The second-order valence-corrected chi connectivity index (χ2v) is 9.15. The first kappa shape index (κ1) is 24.5. The maximum Gasteiger partial charge on any atom is 0.242 e. The smallest absolute Gasteiger partial charge is 0.242 e. The number of hydrogen-bond donors (Lipinski definition) is 1. The standard InChI is InChI=1S/C29H36N2O2/c1-5-27(29(33)30-19-21(2)3)31(20-25-13-7-6-11-22(25)4)28(32)18-17-24-15-10-14-23-12-8-9-16-26(23)24/h6-16,21,27H,5,17-20H2,1-4H3,(H,30,33). The number of aryl methyl sites for hydroxylation is 2. The van der Waals surface area contributed by atoms with Gasteiger partial charge in [0.05, 0.1) is 0 Å². The molecule has 0 spiro atoms. The minimum absolute atomic E-state index is 0.0118. The average Bonchev–Trinajstić information content (AvgIpc) is 2.82. The van der Waals surface area contributed by atoms with Gasteiger partial charge >= 0.3 is 0 Å². The first-order valence-electron chi connectivity index (χ1n) is 12.0. The molecular formula is C29H36N2O2. The molecule has 0 saturated heterocycles. The number of rotatable bonds is 10. The molecule has 0 fully saturated rings. The molecule has 2 amide bonds.